The Balaban J connectivity index is 2.40. The first-order chi connectivity index (χ1) is 8.30. The lowest BCUT2D eigenvalue weighted by atomic mass is 10.1. The maximum absolute atomic E-state index is 5.27. The molecule has 1 aromatic rings. The molecule has 0 radical (unpaired) electrons. The van der Waals surface area contributed by atoms with Crippen LogP contribution in [0, 0.1) is 0 Å². The molecule has 1 N–H and O–H groups in total. The van der Waals surface area contributed by atoms with Crippen molar-refractivity contribution < 1.29 is 4.52 Å². The van der Waals surface area contributed by atoms with Crippen molar-refractivity contribution in [2.75, 3.05) is 6.54 Å². The average molecular weight is 239 g/mol. The number of nitrogens with one attached hydrogen (secondary N) is 1. The van der Waals surface area contributed by atoms with E-state index >= 15 is 0 Å². The molecule has 1 aromatic heterocycles. The summed E-state index contributed by atoms with van der Waals surface area (Å²) in [6, 6.07) is 0.453. The zero-order chi connectivity index (χ0) is 12.5. The van der Waals surface area contributed by atoms with Gasteiger partial charge in [0.25, 0.3) is 0 Å². The monoisotopic (exact) mass is 239 g/mol. The first kappa shape index (κ1) is 14.2. The SMILES string of the molecule is CCCCc1noc(CC(CC)NCCC)n1. The van der Waals surface area contributed by atoms with Crippen LogP contribution in [0.15, 0.2) is 4.52 Å². The Labute approximate surface area is 104 Å². The van der Waals surface area contributed by atoms with Gasteiger partial charge in [-0.25, -0.2) is 0 Å². The third kappa shape index (κ3) is 5.31. The molecule has 98 valence electrons. The molecule has 1 atom stereocenters. The number of aromatic nitrogens is 2. The Kier molecular flexibility index (Phi) is 6.86. The van der Waals surface area contributed by atoms with Crippen LogP contribution in [0.4, 0.5) is 0 Å². The molecule has 0 aliphatic rings. The van der Waals surface area contributed by atoms with E-state index in [9.17, 15) is 0 Å². The molecule has 0 aliphatic heterocycles. The molecule has 4 heteroatoms. The highest BCUT2D eigenvalue weighted by atomic mass is 16.5. The van der Waals surface area contributed by atoms with E-state index in [2.05, 4.69) is 36.2 Å². The van der Waals surface area contributed by atoms with Gasteiger partial charge in [0, 0.05) is 18.9 Å². The Morgan fingerprint density at radius 2 is 2.06 bits per heavy atom. The van der Waals surface area contributed by atoms with Crippen molar-refractivity contribution in [1.29, 1.82) is 0 Å². The second kappa shape index (κ2) is 8.23. The molecule has 1 rings (SSSR count). The van der Waals surface area contributed by atoms with Crippen molar-refractivity contribution in [2.24, 2.45) is 0 Å². The fraction of sp³-hybridized carbons (Fsp3) is 0.846. The van der Waals surface area contributed by atoms with E-state index < -0.39 is 0 Å². The van der Waals surface area contributed by atoms with Crippen molar-refractivity contribution in [3.8, 4) is 0 Å². The largest absolute Gasteiger partial charge is 0.339 e. The summed E-state index contributed by atoms with van der Waals surface area (Å²) >= 11 is 0. The summed E-state index contributed by atoms with van der Waals surface area (Å²) < 4.78 is 5.27. The highest BCUT2D eigenvalue weighted by Crippen LogP contribution is 2.06. The third-order valence-electron chi connectivity index (χ3n) is 2.86. The van der Waals surface area contributed by atoms with Crippen molar-refractivity contribution in [2.45, 2.75) is 65.3 Å². The summed E-state index contributed by atoms with van der Waals surface area (Å²) in [7, 11) is 0. The molecule has 17 heavy (non-hydrogen) atoms. The lowest BCUT2D eigenvalue weighted by molar-refractivity contribution is 0.350. The van der Waals surface area contributed by atoms with Gasteiger partial charge < -0.3 is 9.84 Å². The Morgan fingerprint density at radius 3 is 2.71 bits per heavy atom. The van der Waals surface area contributed by atoms with Gasteiger partial charge >= 0.3 is 0 Å². The molecule has 0 fully saturated rings. The summed E-state index contributed by atoms with van der Waals surface area (Å²) in [6.45, 7) is 7.58. The average Bonchev–Trinajstić information content (AvgIpc) is 2.79. The number of hydrogen-bond acceptors (Lipinski definition) is 4. The fourth-order valence-corrected chi connectivity index (χ4v) is 1.73. The normalized spacial score (nSPS) is 12.9. The predicted octanol–water partition coefficient (Wildman–Crippen LogP) is 2.73. The summed E-state index contributed by atoms with van der Waals surface area (Å²) in [5, 5.41) is 7.50. The van der Waals surface area contributed by atoms with Crippen LogP contribution in [-0.4, -0.2) is 22.7 Å². The smallest absolute Gasteiger partial charge is 0.228 e. The number of rotatable bonds is 9. The van der Waals surface area contributed by atoms with Crippen LogP contribution in [0.2, 0.25) is 0 Å². The Hall–Kier alpha value is -0.900. The number of nitrogens with zero attached hydrogens (tertiary/aromatic N) is 2. The lowest BCUT2D eigenvalue weighted by Gasteiger charge is -2.13. The van der Waals surface area contributed by atoms with E-state index in [0.717, 1.165) is 50.4 Å². The van der Waals surface area contributed by atoms with Crippen LogP contribution in [0.25, 0.3) is 0 Å². The van der Waals surface area contributed by atoms with Crippen LogP contribution >= 0.6 is 0 Å². The van der Waals surface area contributed by atoms with Crippen molar-refractivity contribution in [3.63, 3.8) is 0 Å². The predicted molar refractivity (Wildman–Crippen MR) is 69.0 cm³/mol. The third-order valence-corrected chi connectivity index (χ3v) is 2.86. The van der Waals surface area contributed by atoms with Crippen molar-refractivity contribution in [3.05, 3.63) is 11.7 Å². The van der Waals surface area contributed by atoms with Gasteiger partial charge in [-0.15, -0.1) is 0 Å². The molecule has 0 saturated heterocycles. The molecule has 0 saturated carbocycles. The van der Waals surface area contributed by atoms with Crippen LogP contribution in [0.3, 0.4) is 0 Å². The second-order valence-electron chi connectivity index (χ2n) is 4.47. The van der Waals surface area contributed by atoms with E-state index in [1.54, 1.807) is 0 Å². The van der Waals surface area contributed by atoms with E-state index in [4.69, 9.17) is 4.52 Å². The first-order valence-electron chi connectivity index (χ1n) is 6.84. The van der Waals surface area contributed by atoms with Gasteiger partial charge in [0.15, 0.2) is 5.82 Å². The highest BCUT2D eigenvalue weighted by Gasteiger charge is 2.12. The molecular formula is C13H25N3O. The first-order valence-corrected chi connectivity index (χ1v) is 6.84. The van der Waals surface area contributed by atoms with E-state index in [1.807, 2.05) is 0 Å². The van der Waals surface area contributed by atoms with Gasteiger partial charge in [0.1, 0.15) is 0 Å². The highest BCUT2D eigenvalue weighted by molar-refractivity contribution is 4.89. The number of unbranched alkanes of at least 4 members (excludes halogenated alkanes) is 1. The molecule has 0 bridgehead atoms. The Morgan fingerprint density at radius 1 is 1.24 bits per heavy atom. The molecular weight excluding hydrogens is 214 g/mol. The lowest BCUT2D eigenvalue weighted by Crippen LogP contribution is -2.31. The number of hydrogen-bond donors (Lipinski definition) is 1. The zero-order valence-electron chi connectivity index (χ0n) is 11.3. The zero-order valence-corrected chi connectivity index (χ0v) is 11.3. The minimum absolute atomic E-state index is 0.453. The summed E-state index contributed by atoms with van der Waals surface area (Å²) in [5.74, 6) is 1.62. The fourth-order valence-electron chi connectivity index (χ4n) is 1.73. The quantitative estimate of drug-likeness (QED) is 0.720. The maximum Gasteiger partial charge on any atom is 0.228 e. The standard InChI is InChI=1S/C13H25N3O/c1-4-7-8-12-15-13(17-16-12)10-11(6-3)14-9-5-2/h11,14H,4-10H2,1-3H3. The van der Waals surface area contributed by atoms with Crippen molar-refractivity contribution >= 4 is 0 Å². The molecule has 0 spiro atoms. The molecule has 4 nitrogen and oxygen atoms in total. The van der Waals surface area contributed by atoms with E-state index in [0.29, 0.717) is 6.04 Å². The van der Waals surface area contributed by atoms with Gasteiger partial charge in [-0.2, -0.15) is 4.98 Å². The molecule has 0 aliphatic carbocycles. The molecule has 1 unspecified atom stereocenters. The maximum atomic E-state index is 5.27. The number of aryl methyl sites for hydroxylation is 1. The topological polar surface area (TPSA) is 51.0 Å². The van der Waals surface area contributed by atoms with Gasteiger partial charge in [-0.1, -0.05) is 32.3 Å². The van der Waals surface area contributed by atoms with Gasteiger partial charge in [0.05, 0.1) is 0 Å². The van der Waals surface area contributed by atoms with E-state index in [-0.39, 0.29) is 0 Å². The summed E-state index contributed by atoms with van der Waals surface area (Å²) in [5.41, 5.74) is 0. The summed E-state index contributed by atoms with van der Waals surface area (Å²) in [6.07, 6.45) is 6.31. The Bertz CT molecular complexity index is 299. The minimum Gasteiger partial charge on any atom is -0.339 e. The molecule has 0 amide bonds. The van der Waals surface area contributed by atoms with Crippen LogP contribution in [-0.2, 0) is 12.8 Å². The van der Waals surface area contributed by atoms with Gasteiger partial charge in [-0.05, 0) is 25.8 Å². The second-order valence-corrected chi connectivity index (χ2v) is 4.47. The van der Waals surface area contributed by atoms with E-state index in [1.165, 1.54) is 6.42 Å². The minimum atomic E-state index is 0.453. The molecule has 1 heterocycles. The van der Waals surface area contributed by atoms with Crippen LogP contribution in [0.1, 0.15) is 58.2 Å². The van der Waals surface area contributed by atoms with Gasteiger partial charge in [0.2, 0.25) is 5.89 Å². The van der Waals surface area contributed by atoms with Crippen LogP contribution < -0.4 is 5.32 Å². The van der Waals surface area contributed by atoms with Crippen molar-refractivity contribution in [1.82, 2.24) is 15.5 Å². The molecule has 0 aromatic carbocycles. The van der Waals surface area contributed by atoms with Crippen LogP contribution in [0.5, 0.6) is 0 Å². The summed E-state index contributed by atoms with van der Waals surface area (Å²) in [4.78, 5) is 4.43. The van der Waals surface area contributed by atoms with Gasteiger partial charge in [-0.3, -0.25) is 0 Å².